The fraction of sp³-hybridized carbons (Fsp3) is 0.0909. The van der Waals surface area contributed by atoms with E-state index in [2.05, 4.69) is 21.3 Å². The van der Waals surface area contributed by atoms with Crippen LogP contribution in [0.4, 0.5) is 34.1 Å². The molecule has 0 aliphatic carbocycles. The first-order valence-electron chi connectivity index (χ1n) is 23.0. The molecule has 12 rings (SSSR count). The molecule has 0 radical (unpaired) electrons. The zero-order chi connectivity index (χ0) is 49.5. The molecule has 71 heavy (non-hydrogen) atoms. The van der Waals surface area contributed by atoms with Crippen molar-refractivity contribution in [3.05, 3.63) is 176 Å². The summed E-state index contributed by atoms with van der Waals surface area (Å²) in [7, 11) is 1.50. The van der Waals surface area contributed by atoms with Gasteiger partial charge in [-0.2, -0.15) is 0 Å². The first-order valence-corrected chi connectivity index (χ1v) is 23.0. The molecule has 5 heterocycles. The number of anilines is 6. The van der Waals surface area contributed by atoms with E-state index in [1.165, 1.54) is 7.05 Å². The molecule has 0 aromatic heterocycles. The van der Waals surface area contributed by atoms with Crippen molar-refractivity contribution in [1.82, 2.24) is 21.3 Å². The normalized spacial score (nSPS) is 14.8. The standard InChI is InChI=1S/C55H38B2N6O8/c1-25-41(52(68)58-5)29(24-64)20-37-45(25)62(32-12-8-6-9-13-32)46-26(2)42-34(49(65)59-53(42)69)21-38(46)56(37)30-16-18-31(19-17-30)57-39-22-35-43(54(70)60-50(35)66)27(3)47(39)63(33-14-10-7-11-15-33)48-28(4)44-36(23-40(48)57)51(67)61-55(44)71/h6-24H,1-5H3,(H,58,68)(H,59,65,69)(H,60,66,70)(H,61,67,71). The average Bonchev–Trinajstić information content (AvgIpc) is 3.95. The molecule has 342 valence electrons. The van der Waals surface area contributed by atoms with Crippen LogP contribution in [0.3, 0.4) is 0 Å². The lowest BCUT2D eigenvalue weighted by atomic mass is 9.32. The lowest BCUT2D eigenvalue weighted by Gasteiger charge is -2.40. The molecule has 0 saturated carbocycles. The van der Waals surface area contributed by atoms with E-state index in [-0.39, 0.29) is 44.5 Å². The average molecular weight is 933 g/mol. The summed E-state index contributed by atoms with van der Waals surface area (Å²) in [5, 5.41) is 10.1. The topological polar surface area (TPSA) is 191 Å². The van der Waals surface area contributed by atoms with Gasteiger partial charge in [-0.25, -0.2) is 0 Å². The van der Waals surface area contributed by atoms with Gasteiger partial charge < -0.3 is 15.1 Å². The summed E-state index contributed by atoms with van der Waals surface area (Å²) in [5.74, 6) is -3.60. The van der Waals surface area contributed by atoms with E-state index in [9.17, 15) is 38.4 Å². The zero-order valence-electron chi connectivity index (χ0n) is 38.8. The van der Waals surface area contributed by atoms with Crippen LogP contribution < -0.4 is 63.8 Å². The number of carbonyl (C=O) groups is 8. The second kappa shape index (κ2) is 15.4. The third-order valence-electron chi connectivity index (χ3n) is 14.8. The highest BCUT2D eigenvalue weighted by Crippen LogP contribution is 2.45. The summed E-state index contributed by atoms with van der Waals surface area (Å²) in [4.78, 5) is 112. The Morgan fingerprint density at radius 3 is 1.15 bits per heavy atom. The molecule has 0 fully saturated rings. The molecule has 16 heteroatoms. The third-order valence-corrected chi connectivity index (χ3v) is 14.8. The number of nitrogens with one attached hydrogen (secondary N) is 4. The minimum Gasteiger partial charge on any atom is -0.355 e. The van der Waals surface area contributed by atoms with Crippen LogP contribution in [0.5, 0.6) is 0 Å². The van der Waals surface area contributed by atoms with Crippen LogP contribution in [0.1, 0.15) is 105 Å². The smallest absolute Gasteiger partial charge is 0.259 e. The lowest BCUT2D eigenvalue weighted by Crippen LogP contribution is -2.60. The number of imide groups is 3. The van der Waals surface area contributed by atoms with Crippen LogP contribution >= 0.6 is 0 Å². The first-order chi connectivity index (χ1) is 34.2. The van der Waals surface area contributed by atoms with Crippen molar-refractivity contribution in [2.45, 2.75) is 27.7 Å². The number of fused-ring (bicyclic) bond motifs is 7. The number of benzene rings is 7. The molecule has 0 atom stereocenters. The Bertz CT molecular complexity index is 3640. The van der Waals surface area contributed by atoms with Gasteiger partial charge in [0, 0.05) is 46.7 Å². The van der Waals surface area contributed by atoms with E-state index in [4.69, 9.17) is 0 Å². The second-order valence-corrected chi connectivity index (χ2v) is 18.4. The van der Waals surface area contributed by atoms with Crippen LogP contribution in [0.2, 0.25) is 0 Å². The van der Waals surface area contributed by atoms with Crippen molar-refractivity contribution < 1.29 is 38.4 Å². The summed E-state index contributed by atoms with van der Waals surface area (Å²) in [6.45, 7) is 5.90. The molecule has 0 saturated heterocycles. The van der Waals surface area contributed by atoms with Crippen molar-refractivity contribution in [2.75, 3.05) is 16.8 Å². The Balaban J connectivity index is 1.13. The fourth-order valence-corrected chi connectivity index (χ4v) is 11.9. The van der Waals surface area contributed by atoms with Gasteiger partial charge in [-0.15, -0.1) is 0 Å². The minimum atomic E-state index is -0.669. The van der Waals surface area contributed by atoms with Crippen molar-refractivity contribution in [3.8, 4) is 0 Å². The Hall–Kier alpha value is -9.17. The summed E-state index contributed by atoms with van der Waals surface area (Å²) in [6.07, 6.45) is 0.663. The maximum atomic E-state index is 13.7. The molecule has 14 nitrogen and oxygen atoms in total. The van der Waals surface area contributed by atoms with Crippen LogP contribution in [-0.2, 0) is 0 Å². The highest BCUT2D eigenvalue weighted by Gasteiger charge is 2.46. The fourth-order valence-electron chi connectivity index (χ4n) is 11.9. The molecule has 0 spiro atoms. The molecule has 7 amide bonds. The molecular formula is C55H38B2N6O8. The van der Waals surface area contributed by atoms with Gasteiger partial charge in [-0.1, -0.05) is 95.9 Å². The van der Waals surface area contributed by atoms with Gasteiger partial charge in [-0.05, 0) is 96.1 Å². The summed E-state index contributed by atoms with van der Waals surface area (Å²) < 4.78 is 0. The van der Waals surface area contributed by atoms with E-state index in [1.54, 1.807) is 31.2 Å². The van der Waals surface area contributed by atoms with E-state index in [0.29, 0.717) is 73.1 Å². The molecular weight excluding hydrogens is 894 g/mol. The van der Waals surface area contributed by atoms with Crippen LogP contribution in [-0.4, -0.2) is 68.1 Å². The number of para-hydroxylation sites is 2. The van der Waals surface area contributed by atoms with E-state index in [0.717, 1.165) is 22.3 Å². The third kappa shape index (κ3) is 5.90. The number of carbonyl (C=O) groups excluding carboxylic acids is 8. The Morgan fingerprint density at radius 1 is 0.479 bits per heavy atom. The van der Waals surface area contributed by atoms with Gasteiger partial charge in [0.1, 0.15) is 0 Å². The minimum absolute atomic E-state index is 0.165. The molecule has 7 aromatic carbocycles. The number of amides is 7. The van der Waals surface area contributed by atoms with Gasteiger partial charge in [0.25, 0.3) is 41.4 Å². The van der Waals surface area contributed by atoms with Gasteiger partial charge in [0.15, 0.2) is 6.29 Å². The maximum absolute atomic E-state index is 13.7. The largest absolute Gasteiger partial charge is 0.355 e. The Labute approximate surface area is 406 Å². The van der Waals surface area contributed by atoms with Crippen molar-refractivity contribution in [3.63, 3.8) is 0 Å². The number of hydrogen-bond donors (Lipinski definition) is 4. The lowest BCUT2D eigenvalue weighted by molar-refractivity contribution is 0.0863. The van der Waals surface area contributed by atoms with Gasteiger partial charge >= 0.3 is 0 Å². The second-order valence-electron chi connectivity index (χ2n) is 18.4. The Morgan fingerprint density at radius 2 is 0.817 bits per heavy atom. The SMILES string of the molecule is CNC(=O)c1c(C=O)cc2c(c1C)N(c1ccccc1)c1c(cc3c(c1C)C(=O)NC3=O)B2c1ccc(B2c3cc4c(c(C)c3N(c3ccccc3)c3c2cc2c(c3C)C(=O)NC2=O)C(=O)NC4=O)cc1. The van der Waals surface area contributed by atoms with Gasteiger partial charge in [0.05, 0.1) is 38.9 Å². The van der Waals surface area contributed by atoms with Crippen LogP contribution in [0.25, 0.3) is 0 Å². The molecule has 4 N–H and O–H groups in total. The van der Waals surface area contributed by atoms with E-state index >= 15 is 0 Å². The van der Waals surface area contributed by atoms with Crippen LogP contribution in [0, 0.1) is 27.7 Å². The van der Waals surface area contributed by atoms with Crippen LogP contribution in [0.15, 0.2) is 109 Å². The highest BCUT2D eigenvalue weighted by atomic mass is 16.2. The predicted molar refractivity (Wildman–Crippen MR) is 271 cm³/mol. The predicted octanol–water partition coefficient (Wildman–Crippen LogP) is 3.34. The quantitative estimate of drug-likeness (QED) is 0.109. The molecule has 0 bridgehead atoms. The number of nitrogens with zero attached hydrogens (tertiary/aromatic N) is 2. The monoisotopic (exact) mass is 932 g/mol. The highest BCUT2D eigenvalue weighted by molar-refractivity contribution is 6.99. The summed E-state index contributed by atoms with van der Waals surface area (Å²) in [5.41, 5.74) is 12.1. The number of rotatable bonds is 6. The van der Waals surface area contributed by atoms with Gasteiger partial charge in [-0.3, -0.25) is 54.3 Å². The number of hydrogen-bond acceptors (Lipinski definition) is 10. The zero-order valence-corrected chi connectivity index (χ0v) is 38.8. The summed E-state index contributed by atoms with van der Waals surface area (Å²) in [6, 6.07) is 33.8. The maximum Gasteiger partial charge on any atom is 0.259 e. The molecule has 0 unspecified atom stereocenters. The molecule has 5 aliphatic heterocycles. The molecule has 5 aliphatic rings. The Kier molecular flexibility index (Phi) is 9.37. The van der Waals surface area contributed by atoms with E-state index in [1.807, 2.05) is 116 Å². The van der Waals surface area contributed by atoms with Crippen molar-refractivity contribution in [2.24, 2.45) is 0 Å². The molecule has 7 aromatic rings. The van der Waals surface area contributed by atoms with E-state index < -0.39 is 54.8 Å². The van der Waals surface area contributed by atoms with Crippen molar-refractivity contribution >= 4 is 128 Å². The van der Waals surface area contributed by atoms with Crippen molar-refractivity contribution in [1.29, 1.82) is 0 Å². The summed E-state index contributed by atoms with van der Waals surface area (Å²) >= 11 is 0. The first kappa shape index (κ1) is 43.1. The number of aldehydes is 1. The van der Waals surface area contributed by atoms with Gasteiger partial charge in [0.2, 0.25) is 13.4 Å².